The van der Waals surface area contributed by atoms with Crippen molar-refractivity contribution in [2.75, 3.05) is 31.1 Å². The van der Waals surface area contributed by atoms with Crippen LogP contribution >= 0.6 is 11.6 Å². The number of anilines is 1. The zero-order chi connectivity index (χ0) is 18.0. The molecule has 8 nitrogen and oxygen atoms in total. The van der Waals surface area contributed by atoms with Gasteiger partial charge in [-0.15, -0.1) is 0 Å². The second-order valence-electron chi connectivity index (χ2n) is 5.79. The van der Waals surface area contributed by atoms with Gasteiger partial charge in [0.05, 0.1) is 18.4 Å². The highest BCUT2D eigenvalue weighted by atomic mass is 35.5. The van der Waals surface area contributed by atoms with Crippen LogP contribution in [0.5, 0.6) is 0 Å². The molecule has 0 atom stereocenters. The van der Waals surface area contributed by atoms with Crippen LogP contribution in [0.2, 0.25) is 5.02 Å². The first-order valence-corrected chi connectivity index (χ1v) is 8.17. The normalized spacial score (nSPS) is 16.0. The number of aromatic nitrogens is 5. The van der Waals surface area contributed by atoms with E-state index in [1.165, 1.54) is 12.5 Å². The maximum Gasteiger partial charge on any atom is 0.287 e. The van der Waals surface area contributed by atoms with Crippen LogP contribution in [0.15, 0.2) is 17.3 Å². The molecule has 1 fully saturated rings. The number of hydrogen-bond donors (Lipinski definition) is 0. The minimum atomic E-state index is -2.66. The zero-order valence-electron chi connectivity index (χ0n) is 13.6. The average Bonchev–Trinajstić information content (AvgIpc) is 2.98. The number of alkyl halides is 2. The van der Waals surface area contributed by atoms with E-state index in [-0.39, 0.29) is 5.02 Å². The molecule has 0 aromatic carbocycles. The van der Waals surface area contributed by atoms with Crippen LogP contribution in [0.1, 0.15) is 5.82 Å². The summed E-state index contributed by atoms with van der Waals surface area (Å²) in [6.07, 6.45) is 0.242. The third-order valence-corrected chi connectivity index (χ3v) is 4.52. The monoisotopic (exact) mass is 373 g/mol. The molecule has 0 bridgehead atoms. The van der Waals surface area contributed by atoms with E-state index in [1.807, 2.05) is 11.9 Å². The Kier molecular flexibility index (Phi) is 5.28. The van der Waals surface area contributed by atoms with Crippen molar-refractivity contribution >= 4 is 17.3 Å². The van der Waals surface area contributed by atoms with Gasteiger partial charge in [0.2, 0.25) is 0 Å². The SMILES string of the molecule is Cn1ncnc1CN1CCN(c2cnn(CC(F)F)c(=O)c2Cl)CC1. The van der Waals surface area contributed by atoms with Gasteiger partial charge in [0, 0.05) is 33.2 Å². The Hall–Kier alpha value is -2.07. The fourth-order valence-corrected chi connectivity index (χ4v) is 3.01. The summed E-state index contributed by atoms with van der Waals surface area (Å²) in [4.78, 5) is 20.4. The van der Waals surface area contributed by atoms with Crippen molar-refractivity contribution in [2.45, 2.75) is 19.5 Å². The van der Waals surface area contributed by atoms with Crippen molar-refractivity contribution in [3.63, 3.8) is 0 Å². The standard InChI is InChI=1S/C14H18ClF2N7O/c1-21-12(18-9-20-21)8-22-2-4-23(5-3-22)10-6-19-24(7-11(16)17)14(25)13(10)15/h6,9,11H,2-5,7-8H2,1H3. The van der Waals surface area contributed by atoms with Crippen LogP contribution < -0.4 is 10.5 Å². The molecule has 1 aliphatic rings. The second-order valence-corrected chi connectivity index (χ2v) is 6.16. The molecule has 0 spiro atoms. The summed E-state index contributed by atoms with van der Waals surface area (Å²) in [5.74, 6) is 0.878. The molecule has 0 amide bonds. The Morgan fingerprint density at radius 1 is 1.24 bits per heavy atom. The quantitative estimate of drug-likeness (QED) is 0.765. The fourth-order valence-electron chi connectivity index (χ4n) is 2.75. The predicted octanol–water partition coefficient (Wildman–Crippen LogP) is 0.613. The van der Waals surface area contributed by atoms with E-state index >= 15 is 0 Å². The minimum Gasteiger partial charge on any atom is -0.366 e. The van der Waals surface area contributed by atoms with E-state index in [4.69, 9.17) is 11.6 Å². The van der Waals surface area contributed by atoms with Gasteiger partial charge in [0.1, 0.15) is 23.7 Å². The summed E-state index contributed by atoms with van der Waals surface area (Å²) in [5, 5.41) is 7.78. The van der Waals surface area contributed by atoms with Crippen LogP contribution in [-0.4, -0.2) is 62.0 Å². The van der Waals surface area contributed by atoms with Crippen LogP contribution in [0, 0.1) is 0 Å². The van der Waals surface area contributed by atoms with Gasteiger partial charge in [0.25, 0.3) is 12.0 Å². The molecule has 25 heavy (non-hydrogen) atoms. The van der Waals surface area contributed by atoms with Gasteiger partial charge in [-0.1, -0.05) is 11.6 Å². The summed E-state index contributed by atoms with van der Waals surface area (Å²) in [5.41, 5.74) is -0.212. The number of aryl methyl sites for hydroxylation is 1. The summed E-state index contributed by atoms with van der Waals surface area (Å²) in [7, 11) is 1.85. The number of hydrogen-bond acceptors (Lipinski definition) is 6. The molecule has 136 valence electrons. The zero-order valence-corrected chi connectivity index (χ0v) is 14.4. The molecular formula is C14H18ClF2N7O. The molecule has 0 N–H and O–H groups in total. The number of halogens is 3. The van der Waals surface area contributed by atoms with E-state index in [0.717, 1.165) is 18.9 Å². The fraction of sp³-hybridized carbons (Fsp3) is 0.571. The Labute approximate surface area is 147 Å². The maximum absolute atomic E-state index is 12.4. The van der Waals surface area contributed by atoms with E-state index in [0.29, 0.717) is 30.0 Å². The summed E-state index contributed by atoms with van der Waals surface area (Å²) in [6.45, 7) is 2.73. The lowest BCUT2D eigenvalue weighted by atomic mass is 10.2. The Bertz CT molecular complexity index is 786. The molecule has 0 unspecified atom stereocenters. The van der Waals surface area contributed by atoms with Gasteiger partial charge in [0.15, 0.2) is 0 Å². The molecule has 0 radical (unpaired) electrons. The number of rotatable bonds is 5. The molecule has 1 saturated heterocycles. The lowest BCUT2D eigenvalue weighted by Crippen LogP contribution is -2.47. The van der Waals surface area contributed by atoms with Gasteiger partial charge in [-0.3, -0.25) is 14.4 Å². The Morgan fingerprint density at radius 2 is 1.96 bits per heavy atom. The van der Waals surface area contributed by atoms with E-state index < -0.39 is 18.5 Å². The topological polar surface area (TPSA) is 72.1 Å². The lowest BCUT2D eigenvalue weighted by molar-refractivity contribution is 0.119. The van der Waals surface area contributed by atoms with E-state index in [1.54, 1.807) is 4.68 Å². The molecule has 11 heteroatoms. The number of nitrogens with zero attached hydrogens (tertiary/aromatic N) is 7. The predicted molar refractivity (Wildman–Crippen MR) is 88.0 cm³/mol. The molecule has 3 heterocycles. The van der Waals surface area contributed by atoms with Crippen LogP contribution in [0.25, 0.3) is 0 Å². The molecule has 2 aromatic heterocycles. The molecule has 2 aromatic rings. The smallest absolute Gasteiger partial charge is 0.287 e. The van der Waals surface area contributed by atoms with E-state index in [2.05, 4.69) is 20.1 Å². The van der Waals surface area contributed by atoms with Crippen molar-refractivity contribution < 1.29 is 8.78 Å². The first-order valence-electron chi connectivity index (χ1n) is 7.79. The van der Waals surface area contributed by atoms with Crippen molar-refractivity contribution in [3.8, 4) is 0 Å². The summed E-state index contributed by atoms with van der Waals surface area (Å²) in [6, 6.07) is 0. The average molecular weight is 374 g/mol. The van der Waals surface area contributed by atoms with Crippen LogP contribution in [-0.2, 0) is 20.1 Å². The van der Waals surface area contributed by atoms with Crippen molar-refractivity contribution in [1.29, 1.82) is 0 Å². The highest BCUT2D eigenvalue weighted by molar-refractivity contribution is 6.33. The Morgan fingerprint density at radius 3 is 2.56 bits per heavy atom. The van der Waals surface area contributed by atoms with Crippen LogP contribution in [0.3, 0.4) is 0 Å². The molecular weight excluding hydrogens is 356 g/mol. The highest BCUT2D eigenvalue weighted by Crippen LogP contribution is 2.22. The minimum absolute atomic E-state index is 0.0719. The summed E-state index contributed by atoms with van der Waals surface area (Å²) < 4.78 is 27.3. The van der Waals surface area contributed by atoms with Crippen molar-refractivity contribution in [3.05, 3.63) is 33.7 Å². The number of piperazine rings is 1. The van der Waals surface area contributed by atoms with E-state index in [9.17, 15) is 13.6 Å². The van der Waals surface area contributed by atoms with Crippen molar-refractivity contribution in [1.82, 2.24) is 29.4 Å². The van der Waals surface area contributed by atoms with Gasteiger partial charge < -0.3 is 4.90 Å². The molecule has 3 rings (SSSR count). The third kappa shape index (κ3) is 3.96. The highest BCUT2D eigenvalue weighted by Gasteiger charge is 2.22. The molecule has 0 saturated carbocycles. The first-order chi connectivity index (χ1) is 12.0. The second kappa shape index (κ2) is 7.44. The van der Waals surface area contributed by atoms with Crippen molar-refractivity contribution in [2.24, 2.45) is 7.05 Å². The third-order valence-electron chi connectivity index (χ3n) is 4.16. The van der Waals surface area contributed by atoms with Gasteiger partial charge in [-0.2, -0.15) is 10.2 Å². The first kappa shape index (κ1) is 17.7. The van der Waals surface area contributed by atoms with Gasteiger partial charge in [-0.25, -0.2) is 18.4 Å². The molecule has 0 aliphatic carbocycles. The van der Waals surface area contributed by atoms with Crippen LogP contribution in [0.4, 0.5) is 14.5 Å². The molecule has 1 aliphatic heterocycles. The largest absolute Gasteiger partial charge is 0.366 e. The van der Waals surface area contributed by atoms with Gasteiger partial charge >= 0.3 is 0 Å². The van der Waals surface area contributed by atoms with Gasteiger partial charge in [-0.05, 0) is 0 Å². The summed E-state index contributed by atoms with van der Waals surface area (Å²) >= 11 is 6.09. The Balaban J connectivity index is 1.66. The maximum atomic E-state index is 12.4. The lowest BCUT2D eigenvalue weighted by Gasteiger charge is -2.35.